The number of methoxy groups -OCH3 is 2. The molecule has 0 amide bonds. The molecule has 1 aliphatic rings. The molecule has 3 nitrogen and oxygen atoms in total. The first-order valence-corrected chi connectivity index (χ1v) is 7.70. The van der Waals surface area contributed by atoms with Gasteiger partial charge in [0.1, 0.15) is 11.5 Å². The first kappa shape index (κ1) is 14.9. The Morgan fingerprint density at radius 3 is 2.36 bits per heavy atom. The molecular formula is C19H23NO2. The van der Waals surface area contributed by atoms with Gasteiger partial charge >= 0.3 is 0 Å². The second-order valence-electron chi connectivity index (χ2n) is 5.84. The summed E-state index contributed by atoms with van der Waals surface area (Å²) in [5.41, 5.74) is 6.36. The molecular weight excluding hydrogens is 274 g/mol. The van der Waals surface area contributed by atoms with Crippen molar-refractivity contribution in [3.63, 3.8) is 0 Å². The fourth-order valence-corrected chi connectivity index (χ4v) is 3.24. The lowest BCUT2D eigenvalue weighted by molar-refractivity contribution is 0.382. The summed E-state index contributed by atoms with van der Waals surface area (Å²) < 4.78 is 11.2. The maximum Gasteiger partial charge on any atom is 0.124 e. The molecule has 116 valence electrons. The smallest absolute Gasteiger partial charge is 0.124 e. The Bertz CT molecular complexity index is 694. The molecule has 1 heterocycles. The number of hydrogen-bond acceptors (Lipinski definition) is 3. The Labute approximate surface area is 132 Å². The van der Waals surface area contributed by atoms with E-state index >= 15 is 0 Å². The van der Waals surface area contributed by atoms with Crippen molar-refractivity contribution < 1.29 is 9.47 Å². The predicted octanol–water partition coefficient (Wildman–Crippen LogP) is 3.56. The highest BCUT2D eigenvalue weighted by atomic mass is 16.5. The van der Waals surface area contributed by atoms with E-state index in [4.69, 9.17) is 9.47 Å². The predicted molar refractivity (Wildman–Crippen MR) is 89.0 cm³/mol. The van der Waals surface area contributed by atoms with Crippen LogP contribution in [0.5, 0.6) is 11.5 Å². The van der Waals surface area contributed by atoms with E-state index in [2.05, 4.69) is 37.4 Å². The maximum absolute atomic E-state index is 5.62. The lowest BCUT2D eigenvalue weighted by atomic mass is 9.87. The van der Waals surface area contributed by atoms with Crippen LogP contribution in [0.2, 0.25) is 0 Å². The lowest BCUT2D eigenvalue weighted by Crippen LogP contribution is -2.31. The van der Waals surface area contributed by atoms with Crippen molar-refractivity contribution >= 4 is 0 Å². The van der Waals surface area contributed by atoms with Crippen LogP contribution in [0.1, 0.15) is 33.9 Å². The summed E-state index contributed by atoms with van der Waals surface area (Å²) in [5, 5.41) is 3.63. The number of ether oxygens (including phenoxy) is 2. The highest BCUT2D eigenvalue weighted by molar-refractivity contribution is 5.54. The lowest BCUT2D eigenvalue weighted by Gasteiger charge is -2.30. The van der Waals surface area contributed by atoms with Crippen molar-refractivity contribution in [1.29, 1.82) is 0 Å². The van der Waals surface area contributed by atoms with Gasteiger partial charge in [-0.15, -0.1) is 0 Å². The van der Waals surface area contributed by atoms with Crippen molar-refractivity contribution in [3.8, 4) is 11.5 Å². The van der Waals surface area contributed by atoms with Crippen LogP contribution in [-0.2, 0) is 6.42 Å². The van der Waals surface area contributed by atoms with Crippen molar-refractivity contribution in [2.75, 3.05) is 20.8 Å². The zero-order chi connectivity index (χ0) is 15.7. The van der Waals surface area contributed by atoms with Crippen LogP contribution in [0.25, 0.3) is 0 Å². The first-order chi connectivity index (χ1) is 10.7. The minimum absolute atomic E-state index is 0.146. The highest BCUT2D eigenvalue weighted by Gasteiger charge is 2.27. The number of fused-ring (bicyclic) bond motifs is 1. The number of hydrogen-bond donors (Lipinski definition) is 1. The molecule has 2 aromatic rings. The Hall–Kier alpha value is -2.00. The summed E-state index contributed by atoms with van der Waals surface area (Å²) in [5.74, 6) is 1.87. The molecule has 1 N–H and O–H groups in total. The summed E-state index contributed by atoms with van der Waals surface area (Å²) in [6.45, 7) is 5.24. The van der Waals surface area contributed by atoms with Gasteiger partial charge in [-0.2, -0.15) is 0 Å². The minimum Gasteiger partial charge on any atom is -0.496 e. The molecule has 0 aromatic heterocycles. The third-order valence-electron chi connectivity index (χ3n) is 4.59. The highest BCUT2D eigenvalue weighted by Crippen LogP contribution is 2.40. The van der Waals surface area contributed by atoms with Crippen molar-refractivity contribution in [1.82, 2.24) is 5.32 Å². The number of benzene rings is 2. The summed E-state index contributed by atoms with van der Waals surface area (Å²) >= 11 is 0. The molecule has 0 bridgehead atoms. The SMILES string of the molecule is COc1ccc(OC)c2c1CCNC2c1ccc(C)c(C)c1. The van der Waals surface area contributed by atoms with E-state index in [1.807, 2.05) is 12.1 Å². The molecule has 0 fully saturated rings. The quantitative estimate of drug-likeness (QED) is 0.939. The van der Waals surface area contributed by atoms with E-state index in [9.17, 15) is 0 Å². The van der Waals surface area contributed by atoms with Gasteiger partial charge in [0.05, 0.1) is 20.3 Å². The average Bonchev–Trinajstić information content (AvgIpc) is 2.55. The Balaban J connectivity index is 2.15. The molecule has 22 heavy (non-hydrogen) atoms. The van der Waals surface area contributed by atoms with E-state index < -0.39 is 0 Å². The van der Waals surface area contributed by atoms with Crippen LogP contribution in [0.4, 0.5) is 0 Å². The van der Waals surface area contributed by atoms with Gasteiger partial charge in [0, 0.05) is 17.7 Å². The second kappa shape index (κ2) is 6.01. The normalized spacial score (nSPS) is 17.0. The number of aryl methyl sites for hydroxylation is 2. The number of rotatable bonds is 3. The monoisotopic (exact) mass is 297 g/mol. The van der Waals surface area contributed by atoms with Gasteiger partial charge in [-0.05, 0) is 49.1 Å². The molecule has 1 unspecified atom stereocenters. The standard InChI is InChI=1S/C19H23NO2/c1-12-5-6-14(11-13(12)2)19-18-15(9-10-20-19)16(21-3)7-8-17(18)22-4/h5-8,11,19-20H,9-10H2,1-4H3. The van der Waals surface area contributed by atoms with Crippen molar-refractivity contribution in [3.05, 3.63) is 58.1 Å². The van der Waals surface area contributed by atoms with E-state index in [0.717, 1.165) is 24.5 Å². The Kier molecular flexibility index (Phi) is 4.08. The van der Waals surface area contributed by atoms with Crippen LogP contribution >= 0.6 is 0 Å². The minimum atomic E-state index is 0.146. The van der Waals surface area contributed by atoms with Crippen LogP contribution in [0, 0.1) is 13.8 Å². The summed E-state index contributed by atoms with van der Waals surface area (Å²) in [7, 11) is 3.46. The molecule has 0 saturated heterocycles. The van der Waals surface area contributed by atoms with Crippen LogP contribution in [0.3, 0.4) is 0 Å². The zero-order valence-corrected chi connectivity index (χ0v) is 13.7. The third kappa shape index (κ3) is 2.46. The topological polar surface area (TPSA) is 30.5 Å². The van der Waals surface area contributed by atoms with Gasteiger partial charge in [0.25, 0.3) is 0 Å². The fraction of sp³-hybridized carbons (Fsp3) is 0.368. The molecule has 0 aliphatic carbocycles. The molecule has 3 rings (SSSR count). The summed E-state index contributed by atoms with van der Waals surface area (Å²) in [4.78, 5) is 0. The molecule has 3 heteroatoms. The van der Waals surface area contributed by atoms with Crippen molar-refractivity contribution in [2.24, 2.45) is 0 Å². The van der Waals surface area contributed by atoms with Crippen LogP contribution in [-0.4, -0.2) is 20.8 Å². The molecule has 0 saturated carbocycles. The molecule has 1 atom stereocenters. The molecule has 2 aromatic carbocycles. The van der Waals surface area contributed by atoms with E-state index in [1.54, 1.807) is 14.2 Å². The first-order valence-electron chi connectivity index (χ1n) is 7.70. The Morgan fingerprint density at radius 1 is 0.955 bits per heavy atom. The largest absolute Gasteiger partial charge is 0.496 e. The maximum atomic E-state index is 5.62. The van der Waals surface area contributed by atoms with Gasteiger partial charge in [0.2, 0.25) is 0 Å². The zero-order valence-electron chi connectivity index (χ0n) is 13.7. The number of nitrogens with one attached hydrogen (secondary N) is 1. The summed E-state index contributed by atoms with van der Waals surface area (Å²) in [6.07, 6.45) is 0.955. The van der Waals surface area contributed by atoms with Gasteiger partial charge in [0.15, 0.2) is 0 Å². The van der Waals surface area contributed by atoms with E-state index in [1.165, 1.54) is 27.8 Å². The van der Waals surface area contributed by atoms with Crippen molar-refractivity contribution in [2.45, 2.75) is 26.3 Å². The summed E-state index contributed by atoms with van der Waals surface area (Å²) in [6, 6.07) is 10.8. The molecule has 0 radical (unpaired) electrons. The molecule has 1 aliphatic heterocycles. The molecule has 0 spiro atoms. The van der Waals surface area contributed by atoms with Crippen LogP contribution < -0.4 is 14.8 Å². The van der Waals surface area contributed by atoms with Gasteiger partial charge < -0.3 is 14.8 Å². The van der Waals surface area contributed by atoms with Gasteiger partial charge in [-0.25, -0.2) is 0 Å². The average molecular weight is 297 g/mol. The van der Waals surface area contributed by atoms with Crippen LogP contribution in [0.15, 0.2) is 30.3 Å². The fourth-order valence-electron chi connectivity index (χ4n) is 3.24. The van der Waals surface area contributed by atoms with Gasteiger partial charge in [-0.3, -0.25) is 0 Å². The van der Waals surface area contributed by atoms with E-state index in [0.29, 0.717) is 0 Å². The van der Waals surface area contributed by atoms with Gasteiger partial charge in [-0.1, -0.05) is 18.2 Å². The van der Waals surface area contributed by atoms with E-state index in [-0.39, 0.29) is 6.04 Å². The third-order valence-corrected chi connectivity index (χ3v) is 4.59. The second-order valence-corrected chi connectivity index (χ2v) is 5.84. The Morgan fingerprint density at radius 2 is 1.68 bits per heavy atom.